The molecule has 2 aromatic rings. The van der Waals surface area contributed by atoms with E-state index in [1.807, 2.05) is 61.5 Å². The van der Waals surface area contributed by atoms with Gasteiger partial charge in [0.1, 0.15) is 6.04 Å². The number of carboxylic acids is 3. The molecule has 6 N–H and O–H groups in total. The molecule has 0 saturated carbocycles. The van der Waals surface area contributed by atoms with Crippen molar-refractivity contribution in [3.63, 3.8) is 0 Å². The van der Waals surface area contributed by atoms with E-state index in [1.54, 1.807) is 42.5 Å². The third-order valence-corrected chi connectivity index (χ3v) is 10.7. The molecule has 0 aliphatic carbocycles. The van der Waals surface area contributed by atoms with Crippen LogP contribution in [0.4, 0.5) is 11.4 Å². The summed E-state index contributed by atoms with van der Waals surface area (Å²) in [5.41, 5.74) is 3.05. The van der Waals surface area contributed by atoms with Crippen LogP contribution in [-0.4, -0.2) is 86.8 Å². The van der Waals surface area contributed by atoms with Gasteiger partial charge in [-0.25, -0.2) is 10.1 Å². The van der Waals surface area contributed by atoms with Crippen LogP contribution in [-0.2, 0) is 49.5 Å². The summed E-state index contributed by atoms with van der Waals surface area (Å²) in [5, 5.41) is 42.4. The lowest BCUT2D eigenvalue weighted by atomic mass is 9.81. The summed E-state index contributed by atoms with van der Waals surface area (Å²) in [6.07, 6.45) is 11.5. The van der Waals surface area contributed by atoms with Crippen molar-refractivity contribution in [2.45, 2.75) is 73.6 Å². The first-order valence-electron chi connectivity index (χ1n) is 16.8. The smallest absolute Gasteiger partial charge is 0.326 e. The van der Waals surface area contributed by atoms with Crippen molar-refractivity contribution in [2.24, 2.45) is 0 Å². The molecule has 1 atom stereocenters. The summed E-state index contributed by atoms with van der Waals surface area (Å²) in [6.45, 7) is 7.97. The van der Waals surface area contributed by atoms with Gasteiger partial charge in [0.05, 0.1) is 41.6 Å². The van der Waals surface area contributed by atoms with Crippen LogP contribution in [0.25, 0.3) is 0 Å². The second-order valence-electron chi connectivity index (χ2n) is 13.6. The number of anilines is 1. The average Bonchev–Trinajstić information content (AvgIpc) is 3.44. The van der Waals surface area contributed by atoms with E-state index >= 15 is 0 Å². The summed E-state index contributed by atoms with van der Waals surface area (Å²) in [5.74, 6) is -4.46. The topological polar surface area (TPSA) is 240 Å². The SMILES string of the molecule is CC1(C)C(/C=C/C=C/C=C/C=C2/N(CCC(=O)O)c3ccc(S(=O)(=O)O)cc3C2(C)C)=[N+](CCC(=O)N[C@@H](CC(=O)O)C(=O)O)c2ccc(SOOO)cc21. The molecule has 1 amide bonds. The zero-order valence-electron chi connectivity index (χ0n) is 30.3. The van der Waals surface area contributed by atoms with Crippen LogP contribution < -0.4 is 10.2 Å². The fourth-order valence-electron chi connectivity index (χ4n) is 6.61. The van der Waals surface area contributed by atoms with E-state index in [1.165, 1.54) is 12.1 Å². The minimum atomic E-state index is -4.46. The highest BCUT2D eigenvalue weighted by Crippen LogP contribution is 2.48. The Morgan fingerprint density at radius 2 is 1.60 bits per heavy atom. The molecule has 0 radical (unpaired) electrons. The van der Waals surface area contributed by atoms with Crippen molar-refractivity contribution >= 4 is 63.1 Å². The van der Waals surface area contributed by atoms with Gasteiger partial charge in [0.2, 0.25) is 11.6 Å². The van der Waals surface area contributed by atoms with Crippen LogP contribution in [0.2, 0.25) is 0 Å². The molecular formula is C37H42N3O13S2+. The molecule has 0 spiro atoms. The molecular weight excluding hydrogens is 759 g/mol. The maximum absolute atomic E-state index is 12.8. The van der Waals surface area contributed by atoms with Gasteiger partial charge in [-0.05, 0) is 55.8 Å². The Morgan fingerprint density at radius 1 is 0.909 bits per heavy atom. The Balaban J connectivity index is 1.60. The number of hydrogen-bond acceptors (Lipinski definition) is 11. The Hall–Kier alpha value is -5.11. The van der Waals surface area contributed by atoms with E-state index in [4.69, 9.17) is 10.4 Å². The second-order valence-corrected chi connectivity index (χ2v) is 15.8. The standard InChI is InChI=1S/C37H41N3O13S2/c1-36(2)25-20-23(54-53-52-48)12-14-28(25)39(18-16-32(41)38-27(35(46)47)22-34(44)45)30(36)10-8-6-5-7-9-11-31-37(3,4)26-21-24(55(49,50)51)13-15-29(26)40(31)19-17-33(42)43/h5-15,20-21,27H,16-19,22H2,1-4H3,(H5-,38,41,42,43,44,45,46,47,48,49,50,51)/p+1/t27-/m0/s1. The summed E-state index contributed by atoms with van der Waals surface area (Å²) in [7, 11) is -4.46. The third-order valence-electron chi connectivity index (χ3n) is 9.26. The van der Waals surface area contributed by atoms with Gasteiger partial charge >= 0.3 is 17.9 Å². The number of carbonyl (C=O) groups excluding carboxylic acids is 1. The molecule has 16 nitrogen and oxygen atoms in total. The fourth-order valence-corrected chi connectivity index (χ4v) is 7.51. The van der Waals surface area contributed by atoms with Gasteiger partial charge in [0, 0.05) is 45.9 Å². The van der Waals surface area contributed by atoms with Crippen LogP contribution in [0.5, 0.6) is 0 Å². The molecule has 0 aromatic heterocycles. The molecule has 2 aromatic carbocycles. The van der Waals surface area contributed by atoms with Gasteiger partial charge in [-0.3, -0.25) is 18.9 Å². The zero-order valence-corrected chi connectivity index (χ0v) is 32.0. The Labute approximate surface area is 321 Å². The predicted molar refractivity (Wildman–Crippen MR) is 201 cm³/mol. The molecule has 294 valence electrons. The van der Waals surface area contributed by atoms with Gasteiger partial charge in [-0.1, -0.05) is 49.3 Å². The summed E-state index contributed by atoms with van der Waals surface area (Å²) < 4.78 is 39.9. The van der Waals surface area contributed by atoms with E-state index in [-0.39, 0.29) is 30.8 Å². The van der Waals surface area contributed by atoms with E-state index in [9.17, 15) is 42.4 Å². The fraction of sp³-hybridized carbons (Fsp3) is 0.324. The predicted octanol–water partition coefficient (Wildman–Crippen LogP) is 5.00. The van der Waals surface area contributed by atoms with E-state index in [0.717, 1.165) is 34.7 Å². The molecule has 55 heavy (non-hydrogen) atoms. The maximum Gasteiger partial charge on any atom is 0.326 e. The summed E-state index contributed by atoms with van der Waals surface area (Å²) in [4.78, 5) is 49.0. The van der Waals surface area contributed by atoms with Gasteiger partial charge in [0.25, 0.3) is 10.1 Å². The van der Waals surface area contributed by atoms with Crippen molar-refractivity contribution in [1.82, 2.24) is 5.32 Å². The number of aliphatic carboxylic acids is 3. The Bertz CT molecular complexity index is 2120. The molecule has 4 rings (SSSR count). The first kappa shape index (κ1) is 42.6. The van der Waals surface area contributed by atoms with Crippen LogP contribution in [0.3, 0.4) is 0 Å². The Kier molecular flexibility index (Phi) is 13.6. The first-order chi connectivity index (χ1) is 25.8. The van der Waals surface area contributed by atoms with Crippen molar-refractivity contribution < 1.29 is 66.7 Å². The largest absolute Gasteiger partial charge is 0.481 e. The normalized spacial score (nSPS) is 17.3. The van der Waals surface area contributed by atoms with Crippen molar-refractivity contribution in [2.75, 3.05) is 18.0 Å². The lowest BCUT2D eigenvalue weighted by Gasteiger charge is -2.26. The molecule has 2 heterocycles. The maximum atomic E-state index is 12.8. The van der Waals surface area contributed by atoms with Gasteiger partial charge in [-0.2, -0.15) is 13.0 Å². The molecule has 18 heteroatoms. The van der Waals surface area contributed by atoms with E-state index in [2.05, 4.69) is 14.7 Å². The number of allylic oxidation sites excluding steroid dienone is 8. The molecule has 0 bridgehead atoms. The number of amides is 1. The average molecular weight is 801 g/mol. The van der Waals surface area contributed by atoms with Crippen molar-refractivity contribution in [3.8, 4) is 0 Å². The number of carboxylic acid groups (broad SMARTS) is 3. The highest BCUT2D eigenvalue weighted by Gasteiger charge is 2.45. The number of benzene rings is 2. The molecule has 0 fully saturated rings. The molecule has 0 unspecified atom stereocenters. The van der Waals surface area contributed by atoms with E-state index in [0.29, 0.717) is 16.1 Å². The Morgan fingerprint density at radius 3 is 2.24 bits per heavy atom. The summed E-state index contributed by atoms with van der Waals surface area (Å²) in [6, 6.07) is 8.02. The van der Waals surface area contributed by atoms with Gasteiger partial charge in [-0.15, -0.1) is 4.33 Å². The molecule has 0 saturated heterocycles. The zero-order chi connectivity index (χ0) is 40.7. The second kappa shape index (κ2) is 17.6. The minimum Gasteiger partial charge on any atom is -0.481 e. The number of nitrogens with zero attached hydrogens (tertiary/aromatic N) is 2. The lowest BCUT2D eigenvalue weighted by molar-refractivity contribution is -0.436. The highest BCUT2D eigenvalue weighted by molar-refractivity contribution is 7.94. The molecule has 2 aliphatic rings. The highest BCUT2D eigenvalue weighted by atomic mass is 32.2. The van der Waals surface area contributed by atoms with Crippen LogP contribution >= 0.6 is 12.0 Å². The van der Waals surface area contributed by atoms with E-state index < -0.39 is 57.2 Å². The van der Waals surface area contributed by atoms with Gasteiger partial charge < -0.3 is 25.5 Å². The van der Waals surface area contributed by atoms with Crippen LogP contribution in [0.1, 0.15) is 58.1 Å². The molecule has 2 aliphatic heterocycles. The van der Waals surface area contributed by atoms with Crippen LogP contribution in [0.15, 0.2) is 94.4 Å². The summed E-state index contributed by atoms with van der Waals surface area (Å²) >= 11 is 0.790. The lowest BCUT2D eigenvalue weighted by Crippen LogP contribution is -2.42. The number of carbonyl (C=O) groups is 4. The number of fused-ring (bicyclic) bond motifs is 2. The first-order valence-corrected chi connectivity index (χ1v) is 19.0. The third kappa shape index (κ3) is 10.2. The van der Waals surface area contributed by atoms with Gasteiger partial charge in [0.15, 0.2) is 12.3 Å². The minimum absolute atomic E-state index is 0.129. The number of rotatable bonds is 18. The number of nitrogens with one attached hydrogen (secondary N) is 1. The number of hydrogen-bond donors (Lipinski definition) is 6. The van der Waals surface area contributed by atoms with Crippen molar-refractivity contribution in [1.29, 1.82) is 0 Å². The monoisotopic (exact) mass is 800 g/mol. The van der Waals surface area contributed by atoms with Crippen LogP contribution in [0, 0.1) is 0 Å². The quantitative estimate of drug-likeness (QED) is 0.0291. The van der Waals surface area contributed by atoms with Crippen molar-refractivity contribution in [3.05, 3.63) is 95.8 Å².